The summed E-state index contributed by atoms with van der Waals surface area (Å²) < 4.78 is 5.02. The lowest BCUT2D eigenvalue weighted by Gasteiger charge is -2.33. The Morgan fingerprint density at radius 3 is 2.48 bits per heavy atom. The minimum absolute atomic E-state index is 0.000225. The van der Waals surface area contributed by atoms with Crippen LogP contribution in [0.2, 0.25) is 0 Å². The first-order valence-electron chi connectivity index (χ1n) is 9.49. The van der Waals surface area contributed by atoms with E-state index in [0.717, 1.165) is 5.56 Å². The highest BCUT2D eigenvalue weighted by atomic mass is 16.6. The molecule has 1 fully saturated rings. The monoisotopic (exact) mass is 369 g/mol. The molecule has 6 nitrogen and oxygen atoms in total. The van der Waals surface area contributed by atoms with Crippen LogP contribution >= 0.6 is 0 Å². The number of nitrogens with one attached hydrogen (secondary N) is 1. The van der Waals surface area contributed by atoms with E-state index >= 15 is 0 Å². The molecule has 1 unspecified atom stereocenters. The Balaban J connectivity index is 1.49. The fourth-order valence-electron chi connectivity index (χ4n) is 3.35. The lowest BCUT2D eigenvalue weighted by atomic mass is 10.0. The van der Waals surface area contributed by atoms with Crippen molar-refractivity contribution in [1.82, 2.24) is 15.1 Å². The largest absolute Gasteiger partial charge is 0.450 e. The molecule has 1 atom stereocenters. The Labute approximate surface area is 160 Å². The molecule has 0 aliphatic carbocycles. The van der Waals surface area contributed by atoms with Crippen molar-refractivity contribution in [2.24, 2.45) is 0 Å². The average Bonchev–Trinajstić information content (AvgIpc) is 2.68. The highest BCUT2D eigenvalue weighted by molar-refractivity contribution is 5.83. The Morgan fingerprint density at radius 2 is 1.78 bits per heavy atom. The molecular weight excluding hydrogens is 342 g/mol. The van der Waals surface area contributed by atoms with Crippen LogP contribution in [0.3, 0.4) is 0 Å². The molecule has 1 aliphatic heterocycles. The van der Waals surface area contributed by atoms with Gasteiger partial charge in [0.05, 0.1) is 19.2 Å². The molecule has 0 spiro atoms. The number of fused-ring (bicyclic) bond motifs is 1. The van der Waals surface area contributed by atoms with Crippen LogP contribution in [0.4, 0.5) is 4.79 Å². The van der Waals surface area contributed by atoms with Gasteiger partial charge in [-0.2, -0.15) is 0 Å². The maximum absolute atomic E-state index is 12.4. The third-order valence-electron chi connectivity index (χ3n) is 4.92. The molecule has 6 heteroatoms. The first-order valence-corrected chi connectivity index (χ1v) is 9.49. The predicted molar refractivity (Wildman–Crippen MR) is 106 cm³/mol. The average molecular weight is 369 g/mol. The number of hydrogen-bond acceptors (Lipinski definition) is 4. The number of hydrogen-bond donors (Lipinski definition) is 1. The number of carbonyl (C=O) groups is 2. The molecule has 2 aromatic carbocycles. The molecule has 0 aromatic heterocycles. The molecule has 144 valence electrons. The van der Waals surface area contributed by atoms with Crippen molar-refractivity contribution in [3.63, 3.8) is 0 Å². The second-order valence-corrected chi connectivity index (χ2v) is 6.86. The molecule has 2 amide bonds. The second kappa shape index (κ2) is 8.86. The van der Waals surface area contributed by atoms with Crippen LogP contribution in [0.25, 0.3) is 10.8 Å². The van der Waals surface area contributed by atoms with Gasteiger partial charge in [-0.15, -0.1) is 0 Å². The first-order chi connectivity index (χ1) is 13.1. The molecule has 27 heavy (non-hydrogen) atoms. The van der Waals surface area contributed by atoms with E-state index in [9.17, 15) is 9.59 Å². The van der Waals surface area contributed by atoms with Gasteiger partial charge in [0.1, 0.15) is 0 Å². The molecule has 1 heterocycles. The summed E-state index contributed by atoms with van der Waals surface area (Å²) in [4.78, 5) is 27.9. The lowest BCUT2D eigenvalue weighted by molar-refractivity contribution is -0.123. The summed E-state index contributed by atoms with van der Waals surface area (Å²) in [5.41, 5.74) is 1.09. The fraction of sp³-hybridized carbons (Fsp3) is 0.429. The van der Waals surface area contributed by atoms with E-state index in [1.165, 1.54) is 10.8 Å². The summed E-state index contributed by atoms with van der Waals surface area (Å²) in [6.45, 7) is 7.06. The SMILES string of the molecule is CCOC(=O)N1CCN(CC(=O)NC(C)c2ccc3ccccc3c2)CC1. The van der Waals surface area contributed by atoms with Crippen LogP contribution in [-0.4, -0.2) is 61.1 Å². The van der Waals surface area contributed by atoms with E-state index in [-0.39, 0.29) is 18.0 Å². The molecule has 1 aliphatic rings. The normalized spacial score (nSPS) is 16.1. The van der Waals surface area contributed by atoms with Crippen LogP contribution in [0.1, 0.15) is 25.5 Å². The van der Waals surface area contributed by atoms with Crippen LogP contribution in [0.5, 0.6) is 0 Å². The van der Waals surface area contributed by atoms with Crippen LogP contribution in [0.15, 0.2) is 42.5 Å². The maximum atomic E-state index is 12.4. The van der Waals surface area contributed by atoms with Crippen LogP contribution in [-0.2, 0) is 9.53 Å². The molecule has 3 rings (SSSR count). The van der Waals surface area contributed by atoms with E-state index < -0.39 is 0 Å². The van der Waals surface area contributed by atoms with E-state index in [1.807, 2.05) is 19.1 Å². The molecule has 1 saturated heterocycles. The van der Waals surface area contributed by atoms with E-state index in [1.54, 1.807) is 11.8 Å². The number of amides is 2. The van der Waals surface area contributed by atoms with Crippen molar-refractivity contribution in [3.05, 3.63) is 48.0 Å². The molecule has 1 N–H and O–H groups in total. The topological polar surface area (TPSA) is 61.9 Å². The highest BCUT2D eigenvalue weighted by Gasteiger charge is 2.23. The molecule has 0 radical (unpaired) electrons. The fourth-order valence-corrected chi connectivity index (χ4v) is 3.35. The van der Waals surface area contributed by atoms with E-state index in [4.69, 9.17) is 4.74 Å². The van der Waals surface area contributed by atoms with E-state index in [2.05, 4.69) is 40.5 Å². The predicted octanol–water partition coefficient (Wildman–Crippen LogP) is 2.79. The summed E-state index contributed by atoms with van der Waals surface area (Å²) in [5, 5.41) is 5.44. The third kappa shape index (κ3) is 4.98. The van der Waals surface area contributed by atoms with E-state index in [0.29, 0.717) is 39.3 Å². The van der Waals surface area contributed by atoms with Gasteiger partial charge in [0.2, 0.25) is 5.91 Å². The molecule has 0 saturated carbocycles. The zero-order valence-electron chi connectivity index (χ0n) is 16.0. The molecule has 0 bridgehead atoms. The minimum atomic E-state index is -0.272. The van der Waals surface area contributed by atoms with Gasteiger partial charge in [0.25, 0.3) is 0 Å². The minimum Gasteiger partial charge on any atom is -0.450 e. The van der Waals surface area contributed by atoms with Crippen molar-refractivity contribution in [1.29, 1.82) is 0 Å². The van der Waals surface area contributed by atoms with Gasteiger partial charge in [-0.05, 0) is 36.2 Å². The lowest BCUT2D eigenvalue weighted by Crippen LogP contribution is -2.51. The Morgan fingerprint density at radius 1 is 1.07 bits per heavy atom. The van der Waals surface area contributed by atoms with Crippen molar-refractivity contribution < 1.29 is 14.3 Å². The number of rotatable bonds is 5. The Hall–Kier alpha value is -2.60. The molecular formula is C21H27N3O3. The van der Waals surface area contributed by atoms with Crippen LogP contribution in [0, 0.1) is 0 Å². The number of benzene rings is 2. The van der Waals surface area contributed by atoms with Crippen LogP contribution < -0.4 is 5.32 Å². The smallest absolute Gasteiger partial charge is 0.409 e. The number of ether oxygens (including phenoxy) is 1. The summed E-state index contributed by atoms with van der Waals surface area (Å²) in [6.07, 6.45) is -0.272. The Bertz CT molecular complexity index is 800. The first kappa shape index (κ1) is 19.2. The number of nitrogens with zero attached hydrogens (tertiary/aromatic N) is 2. The maximum Gasteiger partial charge on any atom is 0.409 e. The van der Waals surface area contributed by atoms with Crippen molar-refractivity contribution in [3.8, 4) is 0 Å². The van der Waals surface area contributed by atoms with Gasteiger partial charge in [-0.3, -0.25) is 9.69 Å². The zero-order valence-corrected chi connectivity index (χ0v) is 16.0. The summed E-state index contributed by atoms with van der Waals surface area (Å²) in [7, 11) is 0. The zero-order chi connectivity index (χ0) is 19.2. The summed E-state index contributed by atoms with van der Waals surface area (Å²) >= 11 is 0. The quantitative estimate of drug-likeness (QED) is 0.880. The van der Waals surface area contributed by atoms with Crippen molar-refractivity contribution >= 4 is 22.8 Å². The number of carbonyl (C=O) groups excluding carboxylic acids is 2. The summed E-state index contributed by atoms with van der Waals surface area (Å²) in [6, 6.07) is 14.4. The van der Waals surface area contributed by atoms with Crippen molar-refractivity contribution in [2.75, 3.05) is 39.3 Å². The van der Waals surface area contributed by atoms with Gasteiger partial charge in [-0.25, -0.2) is 4.79 Å². The van der Waals surface area contributed by atoms with Crippen molar-refractivity contribution in [2.45, 2.75) is 19.9 Å². The summed E-state index contributed by atoms with van der Waals surface area (Å²) in [5.74, 6) is 0.000225. The number of piperazine rings is 1. The highest BCUT2D eigenvalue weighted by Crippen LogP contribution is 2.20. The molecule has 2 aromatic rings. The third-order valence-corrected chi connectivity index (χ3v) is 4.92. The van der Waals surface area contributed by atoms with Gasteiger partial charge in [-0.1, -0.05) is 36.4 Å². The van der Waals surface area contributed by atoms with Gasteiger partial charge in [0.15, 0.2) is 0 Å². The standard InChI is InChI=1S/C21H27N3O3/c1-3-27-21(26)24-12-10-23(11-13-24)15-20(25)22-16(2)18-9-8-17-6-4-5-7-19(17)14-18/h4-9,14,16H,3,10-13,15H2,1-2H3,(H,22,25). The van der Waals surface area contributed by atoms with Gasteiger partial charge < -0.3 is 15.0 Å². The van der Waals surface area contributed by atoms with Gasteiger partial charge in [0, 0.05) is 26.2 Å². The van der Waals surface area contributed by atoms with Gasteiger partial charge >= 0.3 is 6.09 Å². The second-order valence-electron chi connectivity index (χ2n) is 6.86. The Kier molecular flexibility index (Phi) is 6.29.